The molecule has 0 saturated carbocycles. The number of hydrogen-bond donors (Lipinski definition) is 1. The lowest BCUT2D eigenvalue weighted by atomic mass is 10.0. The van der Waals surface area contributed by atoms with Gasteiger partial charge in [-0.05, 0) is 61.4 Å². The summed E-state index contributed by atoms with van der Waals surface area (Å²) in [6.07, 6.45) is 10.5. The Morgan fingerprint density at radius 3 is 2.40 bits per heavy atom. The minimum absolute atomic E-state index is 0.233. The Kier molecular flexibility index (Phi) is 7.69. The van der Waals surface area contributed by atoms with E-state index in [-0.39, 0.29) is 11.9 Å². The number of allylic oxidation sites excluding steroid dienone is 2. The lowest BCUT2D eigenvalue weighted by Crippen LogP contribution is -1.97. The van der Waals surface area contributed by atoms with Crippen LogP contribution in [0.15, 0.2) is 79.5 Å². The average Bonchev–Trinajstić information content (AvgIpc) is 2.75. The summed E-state index contributed by atoms with van der Waals surface area (Å²) in [5.41, 5.74) is 5.47. The summed E-state index contributed by atoms with van der Waals surface area (Å²) >= 11 is 0. The van der Waals surface area contributed by atoms with Gasteiger partial charge in [0.2, 0.25) is 0 Å². The summed E-state index contributed by atoms with van der Waals surface area (Å²) in [6.45, 7) is 5.53. The zero-order chi connectivity index (χ0) is 21.3. The van der Waals surface area contributed by atoms with Gasteiger partial charge in [-0.15, -0.1) is 6.58 Å². The fourth-order valence-electron chi connectivity index (χ4n) is 3.30. The maximum Gasteiger partial charge on any atom is 0.131 e. The third kappa shape index (κ3) is 5.98. The Morgan fingerprint density at radius 1 is 1.03 bits per heavy atom. The largest absolute Gasteiger partial charge is 0.393 e. The molecule has 1 aromatic heterocycles. The molecule has 0 radical (unpaired) electrons. The zero-order valence-electron chi connectivity index (χ0n) is 17.4. The first-order valence-electron chi connectivity index (χ1n) is 10.4. The monoisotopic (exact) mass is 401 g/mol. The van der Waals surface area contributed by atoms with E-state index >= 15 is 0 Å². The van der Waals surface area contributed by atoms with Crippen LogP contribution < -0.4 is 0 Å². The average molecular weight is 402 g/mol. The second-order valence-electron chi connectivity index (χ2n) is 7.54. The molecule has 2 nitrogen and oxygen atoms in total. The van der Waals surface area contributed by atoms with E-state index in [2.05, 4.69) is 17.6 Å². The number of nitrogens with zero attached hydrogens (tertiary/aromatic N) is 1. The molecule has 1 atom stereocenters. The standard InChI is InChI=1S/C27H28FNO/c1-3-7-21-10-17-27(29-19-21)24-14-11-22(12-15-24)25-16-13-23(26(28)18-25)9-6-4-5-8-20(2)30/h3,6,9-20,30H,1,4-5,7-8H2,2H3. The molecule has 0 saturated heterocycles. The van der Waals surface area contributed by atoms with Gasteiger partial charge in [-0.2, -0.15) is 0 Å². The molecule has 154 valence electrons. The molecule has 0 amide bonds. The number of hydrogen-bond acceptors (Lipinski definition) is 2. The third-order valence-electron chi connectivity index (χ3n) is 5.01. The third-order valence-corrected chi connectivity index (χ3v) is 5.01. The summed E-state index contributed by atoms with van der Waals surface area (Å²) in [6, 6.07) is 17.4. The number of pyridine rings is 1. The van der Waals surface area contributed by atoms with E-state index < -0.39 is 0 Å². The normalized spacial score (nSPS) is 12.2. The summed E-state index contributed by atoms with van der Waals surface area (Å²) in [5.74, 6) is -0.233. The first kappa shape index (κ1) is 21.7. The van der Waals surface area contributed by atoms with E-state index in [1.54, 1.807) is 13.0 Å². The van der Waals surface area contributed by atoms with Crippen molar-refractivity contribution in [2.24, 2.45) is 0 Å². The second kappa shape index (κ2) is 10.7. The number of aromatic nitrogens is 1. The van der Waals surface area contributed by atoms with E-state index in [0.29, 0.717) is 5.56 Å². The van der Waals surface area contributed by atoms with Crippen molar-refractivity contribution in [2.75, 3.05) is 0 Å². The van der Waals surface area contributed by atoms with E-state index in [1.165, 1.54) is 0 Å². The second-order valence-corrected chi connectivity index (χ2v) is 7.54. The summed E-state index contributed by atoms with van der Waals surface area (Å²) < 4.78 is 14.5. The van der Waals surface area contributed by atoms with Crippen molar-refractivity contribution < 1.29 is 9.50 Å². The van der Waals surface area contributed by atoms with Crippen molar-refractivity contribution in [3.63, 3.8) is 0 Å². The molecule has 30 heavy (non-hydrogen) atoms. The van der Waals surface area contributed by atoms with E-state index in [4.69, 9.17) is 0 Å². The van der Waals surface area contributed by atoms with Crippen molar-refractivity contribution in [2.45, 2.75) is 38.7 Å². The SMILES string of the molecule is C=CCc1ccc(-c2ccc(-c3ccc(C=CCCCC(C)O)c(F)c3)cc2)nc1. The van der Waals surface area contributed by atoms with Crippen molar-refractivity contribution in [3.8, 4) is 22.4 Å². The minimum atomic E-state index is -0.284. The van der Waals surface area contributed by atoms with Gasteiger partial charge in [0.1, 0.15) is 5.82 Å². The van der Waals surface area contributed by atoms with Crippen LogP contribution in [0.25, 0.3) is 28.5 Å². The van der Waals surface area contributed by atoms with Crippen molar-refractivity contribution >= 4 is 6.08 Å². The van der Waals surface area contributed by atoms with Crippen LogP contribution in [0, 0.1) is 5.82 Å². The van der Waals surface area contributed by atoms with E-state index in [0.717, 1.165) is 53.6 Å². The highest BCUT2D eigenvalue weighted by atomic mass is 19.1. The maximum absolute atomic E-state index is 14.5. The summed E-state index contributed by atoms with van der Waals surface area (Å²) in [4.78, 5) is 4.52. The van der Waals surface area contributed by atoms with Gasteiger partial charge in [-0.3, -0.25) is 4.98 Å². The molecular weight excluding hydrogens is 373 g/mol. The lowest BCUT2D eigenvalue weighted by molar-refractivity contribution is 0.182. The quantitative estimate of drug-likeness (QED) is 0.314. The van der Waals surface area contributed by atoms with Gasteiger partial charge in [0.05, 0.1) is 11.8 Å². The molecule has 1 N–H and O–H groups in total. The van der Waals surface area contributed by atoms with Crippen molar-refractivity contribution in [1.82, 2.24) is 4.98 Å². The number of aliphatic hydroxyl groups is 1. The number of halogens is 1. The predicted octanol–water partition coefficient (Wildman–Crippen LogP) is 6.85. The Labute approximate surface area is 178 Å². The molecule has 0 fully saturated rings. The topological polar surface area (TPSA) is 33.1 Å². The highest BCUT2D eigenvalue weighted by Crippen LogP contribution is 2.26. The van der Waals surface area contributed by atoms with Crippen LogP contribution >= 0.6 is 0 Å². The van der Waals surface area contributed by atoms with Gasteiger partial charge in [0.15, 0.2) is 0 Å². The molecule has 2 aromatic carbocycles. The lowest BCUT2D eigenvalue weighted by Gasteiger charge is -2.07. The molecule has 0 aliphatic heterocycles. The van der Waals surface area contributed by atoms with Gasteiger partial charge in [0, 0.05) is 17.3 Å². The van der Waals surface area contributed by atoms with Gasteiger partial charge >= 0.3 is 0 Å². The van der Waals surface area contributed by atoms with Gasteiger partial charge in [0.25, 0.3) is 0 Å². The van der Waals surface area contributed by atoms with E-state index in [9.17, 15) is 9.50 Å². The molecule has 1 unspecified atom stereocenters. The van der Waals surface area contributed by atoms with Gasteiger partial charge in [-0.1, -0.05) is 60.7 Å². The fraction of sp³-hybridized carbons (Fsp3) is 0.222. The van der Waals surface area contributed by atoms with Crippen LogP contribution in [0.1, 0.15) is 37.3 Å². The van der Waals surface area contributed by atoms with E-state index in [1.807, 2.05) is 66.9 Å². The Balaban J connectivity index is 1.68. The van der Waals surface area contributed by atoms with Crippen molar-refractivity contribution in [1.29, 1.82) is 0 Å². The number of aliphatic hydroxyl groups excluding tert-OH is 1. The Bertz CT molecular complexity index is 988. The van der Waals surface area contributed by atoms with Gasteiger partial charge < -0.3 is 5.11 Å². The molecule has 3 rings (SSSR count). The minimum Gasteiger partial charge on any atom is -0.393 e. The van der Waals surface area contributed by atoms with Crippen molar-refractivity contribution in [3.05, 3.63) is 96.5 Å². The highest BCUT2D eigenvalue weighted by molar-refractivity contribution is 5.70. The predicted molar refractivity (Wildman–Crippen MR) is 124 cm³/mol. The fourth-order valence-corrected chi connectivity index (χ4v) is 3.30. The van der Waals surface area contributed by atoms with Crippen LogP contribution in [0.5, 0.6) is 0 Å². The highest BCUT2D eigenvalue weighted by Gasteiger charge is 2.05. The maximum atomic E-state index is 14.5. The number of benzene rings is 2. The van der Waals surface area contributed by atoms with Gasteiger partial charge in [-0.25, -0.2) is 4.39 Å². The molecule has 3 heteroatoms. The molecule has 3 aromatic rings. The van der Waals surface area contributed by atoms with Crippen LogP contribution in [0.2, 0.25) is 0 Å². The Hall–Kier alpha value is -3.04. The van der Waals surface area contributed by atoms with Crippen LogP contribution in [-0.2, 0) is 6.42 Å². The number of rotatable bonds is 9. The molecular formula is C27H28FNO. The molecule has 0 bridgehead atoms. The molecule has 0 aliphatic rings. The molecule has 0 spiro atoms. The zero-order valence-corrected chi connectivity index (χ0v) is 17.4. The van der Waals surface area contributed by atoms with Crippen LogP contribution in [0.3, 0.4) is 0 Å². The smallest absolute Gasteiger partial charge is 0.131 e. The molecule has 0 aliphatic carbocycles. The summed E-state index contributed by atoms with van der Waals surface area (Å²) in [5, 5.41) is 9.27. The first-order chi connectivity index (χ1) is 14.6. The first-order valence-corrected chi connectivity index (χ1v) is 10.4. The number of unbranched alkanes of at least 4 members (excludes halogenated alkanes) is 1. The molecule has 1 heterocycles. The van der Waals surface area contributed by atoms with Crippen LogP contribution in [0.4, 0.5) is 4.39 Å². The summed E-state index contributed by atoms with van der Waals surface area (Å²) in [7, 11) is 0. The Morgan fingerprint density at radius 2 is 1.77 bits per heavy atom. The van der Waals surface area contributed by atoms with Crippen LogP contribution in [-0.4, -0.2) is 16.2 Å².